The summed E-state index contributed by atoms with van der Waals surface area (Å²) in [7, 11) is 1.57. The second kappa shape index (κ2) is 9.40. The number of amides is 1. The molecule has 1 aliphatic rings. The first-order valence-electron chi connectivity index (χ1n) is 11.2. The van der Waals surface area contributed by atoms with Crippen molar-refractivity contribution in [3.05, 3.63) is 45.9 Å². The molecule has 0 aliphatic carbocycles. The van der Waals surface area contributed by atoms with Crippen LogP contribution < -0.4 is 25.8 Å². The molecule has 1 amide bonds. The molecule has 0 fully saturated rings. The van der Waals surface area contributed by atoms with Crippen LogP contribution in [0.3, 0.4) is 0 Å². The summed E-state index contributed by atoms with van der Waals surface area (Å²) in [5, 5.41) is 26.8. The molecule has 0 saturated carbocycles. The number of ether oxygens (including phenoxy) is 2. The molecule has 10 heteroatoms. The number of aliphatic hydroxyl groups is 1. The summed E-state index contributed by atoms with van der Waals surface area (Å²) in [4.78, 5) is 28.7. The quantitative estimate of drug-likeness (QED) is 0.281. The van der Waals surface area contributed by atoms with Gasteiger partial charge < -0.3 is 40.3 Å². The van der Waals surface area contributed by atoms with Crippen molar-refractivity contribution in [3.63, 3.8) is 0 Å². The van der Waals surface area contributed by atoms with Crippen LogP contribution >= 0.6 is 0 Å². The summed E-state index contributed by atoms with van der Waals surface area (Å²) < 4.78 is 10.9. The lowest BCUT2D eigenvalue weighted by atomic mass is 9.94. The lowest BCUT2D eigenvalue weighted by Crippen LogP contribution is -2.41. The van der Waals surface area contributed by atoms with Gasteiger partial charge in [-0.2, -0.15) is 0 Å². The molecule has 1 aliphatic heterocycles. The number of aromatic hydroxyl groups is 1. The van der Waals surface area contributed by atoms with Crippen LogP contribution in [0, 0.1) is 0 Å². The van der Waals surface area contributed by atoms with Gasteiger partial charge in [0.25, 0.3) is 5.91 Å². The number of phenols is 1. The van der Waals surface area contributed by atoms with Crippen molar-refractivity contribution in [2.45, 2.75) is 44.8 Å². The van der Waals surface area contributed by atoms with Gasteiger partial charge in [0.15, 0.2) is 6.61 Å². The minimum absolute atomic E-state index is 0.0611. The lowest BCUT2D eigenvalue weighted by molar-refractivity contribution is -0.118. The monoisotopic (exact) mass is 470 g/mol. The topological polar surface area (TPSA) is 149 Å². The highest BCUT2D eigenvalue weighted by Gasteiger charge is 2.26. The zero-order valence-corrected chi connectivity index (χ0v) is 19.4. The Bertz CT molecular complexity index is 1260. The number of rotatable bonds is 9. The number of methoxy groups -OCH3 is 1. The van der Waals surface area contributed by atoms with E-state index in [4.69, 9.17) is 9.47 Å². The number of hydrogen-bond acceptors (Lipinski definition) is 7. The van der Waals surface area contributed by atoms with E-state index in [0.29, 0.717) is 33.8 Å². The third kappa shape index (κ3) is 5.18. The van der Waals surface area contributed by atoms with Crippen molar-refractivity contribution in [1.82, 2.24) is 15.3 Å². The van der Waals surface area contributed by atoms with Crippen LogP contribution in [-0.4, -0.2) is 51.9 Å². The molecule has 0 bridgehead atoms. The fourth-order valence-electron chi connectivity index (χ4n) is 4.24. The Hall–Kier alpha value is -3.50. The molecule has 1 unspecified atom stereocenters. The molecule has 4 rings (SSSR count). The largest absolute Gasteiger partial charge is 0.508 e. The number of benzene rings is 2. The Labute approximate surface area is 196 Å². The molecule has 2 aromatic carbocycles. The number of nitrogens with one attached hydrogen (secondary N) is 4. The fourth-order valence-corrected chi connectivity index (χ4v) is 4.24. The van der Waals surface area contributed by atoms with E-state index >= 15 is 0 Å². The second-order valence-electron chi connectivity index (χ2n) is 9.18. The minimum atomic E-state index is -0.938. The number of aliphatic hydroxyl groups excluding tert-OH is 1. The lowest BCUT2D eigenvalue weighted by Gasteiger charge is -2.29. The van der Waals surface area contributed by atoms with E-state index in [1.807, 2.05) is 12.1 Å². The van der Waals surface area contributed by atoms with Crippen LogP contribution in [0.5, 0.6) is 17.2 Å². The number of phenolic OH excluding ortho intramolecular Hbond substituents is 1. The first kappa shape index (κ1) is 23.7. The number of carbonyl (C=O) groups excluding carboxylic acids is 1. The molecule has 0 radical (unpaired) electrons. The van der Waals surface area contributed by atoms with Gasteiger partial charge >= 0.3 is 5.69 Å². The van der Waals surface area contributed by atoms with Gasteiger partial charge in [-0.3, -0.25) is 4.79 Å². The number of aryl methyl sites for hydroxylation is 1. The van der Waals surface area contributed by atoms with E-state index < -0.39 is 6.10 Å². The number of β-amino-alcohol motifs (C(OH)–C–C–N with tert-alkyl or cyclic N) is 1. The molecule has 0 saturated heterocycles. The van der Waals surface area contributed by atoms with E-state index in [2.05, 4.69) is 34.4 Å². The Morgan fingerprint density at radius 1 is 1.21 bits per heavy atom. The number of H-pyrrole nitrogens is 2. The molecule has 34 heavy (non-hydrogen) atoms. The van der Waals surface area contributed by atoms with Crippen molar-refractivity contribution in [2.75, 3.05) is 25.6 Å². The summed E-state index contributed by atoms with van der Waals surface area (Å²) in [6, 6.07) is 6.73. The maximum absolute atomic E-state index is 11.6. The summed E-state index contributed by atoms with van der Waals surface area (Å²) in [6.07, 6.45) is 1.55. The standard InChI is InChI=1S/C24H30N4O6/c1-24(2,6-4-5-13-7-16-21(19(8-13)33-3)28-23(32)27-16)25-11-18(30)15-9-14(29)10-17-22(15)34-12-20(31)26-17/h7-10,18,25,29-30H,4-6,11-12H2,1-3H3,(H,26,31)(H2,27,28,32). The summed E-state index contributed by atoms with van der Waals surface area (Å²) in [5.41, 5.74) is 2.65. The summed E-state index contributed by atoms with van der Waals surface area (Å²) in [6.45, 7) is 4.22. The molecule has 1 aromatic heterocycles. The predicted molar refractivity (Wildman–Crippen MR) is 128 cm³/mol. The molecule has 1 atom stereocenters. The molecule has 6 N–H and O–H groups in total. The van der Waals surface area contributed by atoms with Crippen molar-refractivity contribution in [1.29, 1.82) is 0 Å². The first-order chi connectivity index (χ1) is 16.1. The maximum Gasteiger partial charge on any atom is 0.323 e. The Balaban J connectivity index is 1.36. The van der Waals surface area contributed by atoms with Crippen LogP contribution in [0.4, 0.5) is 5.69 Å². The van der Waals surface area contributed by atoms with E-state index in [0.717, 1.165) is 24.8 Å². The second-order valence-corrected chi connectivity index (χ2v) is 9.18. The van der Waals surface area contributed by atoms with Gasteiger partial charge in [0.05, 0.1) is 24.4 Å². The number of fused-ring (bicyclic) bond motifs is 2. The fraction of sp³-hybridized carbons (Fsp3) is 0.417. The number of imidazole rings is 1. The average Bonchev–Trinajstić information content (AvgIpc) is 3.16. The van der Waals surface area contributed by atoms with Gasteiger partial charge in [0.2, 0.25) is 0 Å². The summed E-state index contributed by atoms with van der Waals surface area (Å²) in [5.74, 6) is 0.627. The van der Waals surface area contributed by atoms with Crippen molar-refractivity contribution >= 4 is 22.6 Å². The molecular formula is C24H30N4O6. The van der Waals surface area contributed by atoms with Gasteiger partial charge in [-0.15, -0.1) is 0 Å². The minimum Gasteiger partial charge on any atom is -0.508 e. The maximum atomic E-state index is 11.6. The molecule has 0 spiro atoms. The van der Waals surface area contributed by atoms with Crippen LogP contribution in [0.15, 0.2) is 29.1 Å². The van der Waals surface area contributed by atoms with Crippen LogP contribution in [0.2, 0.25) is 0 Å². The highest BCUT2D eigenvalue weighted by Crippen LogP contribution is 2.38. The molecule has 10 nitrogen and oxygen atoms in total. The number of aromatic nitrogens is 2. The Kier molecular flexibility index (Phi) is 6.54. The molecular weight excluding hydrogens is 440 g/mol. The van der Waals surface area contributed by atoms with Gasteiger partial charge in [-0.1, -0.05) is 0 Å². The van der Waals surface area contributed by atoms with Crippen LogP contribution in [-0.2, 0) is 11.2 Å². The average molecular weight is 471 g/mol. The van der Waals surface area contributed by atoms with E-state index in [1.165, 1.54) is 12.1 Å². The zero-order valence-electron chi connectivity index (χ0n) is 19.4. The number of carbonyl (C=O) groups is 1. The van der Waals surface area contributed by atoms with E-state index in [1.54, 1.807) is 7.11 Å². The highest BCUT2D eigenvalue weighted by atomic mass is 16.5. The molecule has 182 valence electrons. The van der Waals surface area contributed by atoms with Crippen molar-refractivity contribution in [3.8, 4) is 17.2 Å². The summed E-state index contributed by atoms with van der Waals surface area (Å²) >= 11 is 0. The van der Waals surface area contributed by atoms with Gasteiger partial charge in [-0.05, 0) is 56.9 Å². The predicted octanol–water partition coefficient (Wildman–Crippen LogP) is 2.33. The Morgan fingerprint density at radius 2 is 2.00 bits per heavy atom. The van der Waals surface area contributed by atoms with E-state index in [9.17, 15) is 19.8 Å². The zero-order chi connectivity index (χ0) is 24.5. The third-order valence-corrected chi connectivity index (χ3v) is 5.99. The molecule has 3 aromatic rings. The number of hydrogen-bond donors (Lipinski definition) is 6. The first-order valence-corrected chi connectivity index (χ1v) is 11.2. The van der Waals surface area contributed by atoms with Crippen LogP contribution in [0.25, 0.3) is 11.0 Å². The Morgan fingerprint density at radius 3 is 2.76 bits per heavy atom. The number of anilines is 1. The highest BCUT2D eigenvalue weighted by molar-refractivity contribution is 5.96. The van der Waals surface area contributed by atoms with Crippen molar-refractivity contribution in [2.24, 2.45) is 0 Å². The van der Waals surface area contributed by atoms with E-state index in [-0.39, 0.29) is 36.0 Å². The third-order valence-electron chi connectivity index (χ3n) is 5.99. The van der Waals surface area contributed by atoms with Crippen molar-refractivity contribution < 1.29 is 24.5 Å². The SMILES string of the molecule is COc1cc(CCCC(C)(C)NCC(O)c2cc(O)cc3c2OCC(=O)N3)cc2[nH]c(=O)[nH]c12. The van der Waals surface area contributed by atoms with Gasteiger partial charge in [0, 0.05) is 23.7 Å². The normalized spacial score (nSPS) is 14.4. The van der Waals surface area contributed by atoms with Gasteiger partial charge in [0.1, 0.15) is 22.8 Å². The van der Waals surface area contributed by atoms with Gasteiger partial charge in [-0.25, -0.2) is 4.79 Å². The van der Waals surface area contributed by atoms with Crippen LogP contribution in [0.1, 0.15) is 43.9 Å². The number of aromatic amines is 2. The smallest absolute Gasteiger partial charge is 0.323 e. The molecule has 2 heterocycles.